The Morgan fingerprint density at radius 3 is 2.72 bits per heavy atom. The van der Waals surface area contributed by atoms with E-state index in [1.807, 2.05) is 0 Å². The van der Waals surface area contributed by atoms with Crippen molar-refractivity contribution in [1.29, 1.82) is 0 Å². The summed E-state index contributed by atoms with van der Waals surface area (Å²) in [7, 11) is 0. The average molecular weight is 259 g/mol. The first-order chi connectivity index (χ1) is 8.58. The fourth-order valence-electron chi connectivity index (χ4n) is 1.71. The zero-order chi connectivity index (χ0) is 13.1. The average Bonchev–Trinajstić information content (AvgIpc) is 2.36. The standard InChI is InChI=1S/C11H12F3N3O/c12-6-3-7(13)10(14)8(4-6)17-11(18)9-5-15-1-2-16-9/h3-4,9,15-16H,1-2,5H2,(H,17,18). The molecule has 18 heavy (non-hydrogen) atoms. The molecule has 4 nitrogen and oxygen atoms in total. The Morgan fingerprint density at radius 1 is 1.28 bits per heavy atom. The second kappa shape index (κ2) is 5.36. The first-order valence-corrected chi connectivity index (χ1v) is 5.47. The normalized spacial score (nSPS) is 19.6. The van der Waals surface area contributed by atoms with Crippen molar-refractivity contribution >= 4 is 11.6 Å². The summed E-state index contributed by atoms with van der Waals surface area (Å²) < 4.78 is 39.2. The van der Waals surface area contributed by atoms with Crippen molar-refractivity contribution < 1.29 is 18.0 Å². The van der Waals surface area contributed by atoms with E-state index in [0.717, 1.165) is 12.6 Å². The highest BCUT2D eigenvalue weighted by Gasteiger charge is 2.22. The minimum Gasteiger partial charge on any atom is -0.322 e. The Hall–Kier alpha value is -1.60. The summed E-state index contributed by atoms with van der Waals surface area (Å²) in [6.45, 7) is 1.70. The van der Waals surface area contributed by atoms with Crippen LogP contribution in [0.3, 0.4) is 0 Å². The van der Waals surface area contributed by atoms with Crippen molar-refractivity contribution in [2.45, 2.75) is 6.04 Å². The first kappa shape index (κ1) is 12.8. The molecule has 0 radical (unpaired) electrons. The molecule has 1 unspecified atom stereocenters. The third kappa shape index (κ3) is 2.80. The third-order valence-corrected chi connectivity index (χ3v) is 2.61. The van der Waals surface area contributed by atoms with Gasteiger partial charge in [-0.3, -0.25) is 4.79 Å². The van der Waals surface area contributed by atoms with Gasteiger partial charge in [-0.1, -0.05) is 0 Å². The Morgan fingerprint density at radius 2 is 2.06 bits per heavy atom. The van der Waals surface area contributed by atoms with Crippen LogP contribution in [0.25, 0.3) is 0 Å². The molecular weight excluding hydrogens is 247 g/mol. The molecule has 1 aliphatic heterocycles. The summed E-state index contributed by atoms with van der Waals surface area (Å²) in [5.74, 6) is -4.08. The molecule has 1 heterocycles. The van der Waals surface area contributed by atoms with E-state index >= 15 is 0 Å². The van der Waals surface area contributed by atoms with Gasteiger partial charge in [-0.15, -0.1) is 0 Å². The van der Waals surface area contributed by atoms with Crippen LogP contribution in [0.15, 0.2) is 12.1 Å². The van der Waals surface area contributed by atoms with Crippen molar-refractivity contribution in [2.24, 2.45) is 0 Å². The maximum Gasteiger partial charge on any atom is 0.242 e. The van der Waals surface area contributed by atoms with Gasteiger partial charge in [-0.25, -0.2) is 13.2 Å². The predicted molar refractivity (Wildman–Crippen MR) is 59.6 cm³/mol. The number of piperazine rings is 1. The van der Waals surface area contributed by atoms with Crippen LogP contribution in [0.5, 0.6) is 0 Å². The number of halogens is 3. The molecule has 1 atom stereocenters. The maximum absolute atomic E-state index is 13.3. The molecule has 7 heteroatoms. The van der Waals surface area contributed by atoms with E-state index < -0.39 is 35.1 Å². The lowest BCUT2D eigenvalue weighted by atomic mass is 10.2. The molecule has 1 amide bonds. The van der Waals surface area contributed by atoms with Crippen LogP contribution in [0.2, 0.25) is 0 Å². The smallest absolute Gasteiger partial charge is 0.242 e. The number of amides is 1. The van der Waals surface area contributed by atoms with E-state index in [1.165, 1.54) is 0 Å². The van der Waals surface area contributed by atoms with Crippen molar-refractivity contribution in [3.63, 3.8) is 0 Å². The van der Waals surface area contributed by atoms with Gasteiger partial charge >= 0.3 is 0 Å². The Labute approximate surface area is 102 Å². The Bertz CT molecular complexity index is 461. The molecule has 0 bridgehead atoms. The van der Waals surface area contributed by atoms with Gasteiger partial charge in [0, 0.05) is 31.8 Å². The molecule has 1 aromatic carbocycles. The third-order valence-electron chi connectivity index (χ3n) is 2.61. The first-order valence-electron chi connectivity index (χ1n) is 5.47. The van der Waals surface area contributed by atoms with Gasteiger partial charge in [0.2, 0.25) is 5.91 Å². The van der Waals surface area contributed by atoms with Crippen LogP contribution in [-0.4, -0.2) is 31.6 Å². The largest absolute Gasteiger partial charge is 0.322 e. The van der Waals surface area contributed by atoms with Crippen molar-refractivity contribution in [3.8, 4) is 0 Å². The van der Waals surface area contributed by atoms with Crippen LogP contribution in [0.1, 0.15) is 0 Å². The molecule has 1 saturated heterocycles. The van der Waals surface area contributed by atoms with Crippen LogP contribution < -0.4 is 16.0 Å². The van der Waals surface area contributed by atoms with E-state index in [9.17, 15) is 18.0 Å². The molecule has 3 N–H and O–H groups in total. The van der Waals surface area contributed by atoms with E-state index in [-0.39, 0.29) is 0 Å². The summed E-state index contributed by atoms with van der Waals surface area (Å²) >= 11 is 0. The number of hydrogen-bond acceptors (Lipinski definition) is 3. The number of benzene rings is 1. The fraction of sp³-hybridized carbons (Fsp3) is 0.364. The molecule has 0 saturated carbocycles. The summed E-state index contributed by atoms with van der Waals surface area (Å²) in [5.41, 5.74) is -0.495. The van der Waals surface area contributed by atoms with E-state index in [1.54, 1.807) is 0 Å². The van der Waals surface area contributed by atoms with Gasteiger partial charge in [0.05, 0.1) is 11.7 Å². The minimum absolute atomic E-state index is 0.380. The van der Waals surface area contributed by atoms with Gasteiger partial charge in [0.15, 0.2) is 11.6 Å². The molecule has 1 fully saturated rings. The zero-order valence-corrected chi connectivity index (χ0v) is 9.40. The molecule has 0 aromatic heterocycles. The molecule has 2 rings (SSSR count). The second-order valence-corrected chi connectivity index (χ2v) is 3.95. The van der Waals surface area contributed by atoms with Crippen LogP contribution in [-0.2, 0) is 4.79 Å². The van der Waals surface area contributed by atoms with Crippen LogP contribution >= 0.6 is 0 Å². The van der Waals surface area contributed by atoms with Crippen LogP contribution in [0.4, 0.5) is 18.9 Å². The topological polar surface area (TPSA) is 53.2 Å². The van der Waals surface area contributed by atoms with Crippen molar-refractivity contribution in [2.75, 3.05) is 25.0 Å². The minimum atomic E-state index is -1.33. The van der Waals surface area contributed by atoms with Gasteiger partial charge in [-0.2, -0.15) is 0 Å². The SMILES string of the molecule is O=C(Nc1cc(F)cc(F)c1F)C1CNCCN1. The van der Waals surface area contributed by atoms with Crippen molar-refractivity contribution in [1.82, 2.24) is 10.6 Å². The van der Waals surface area contributed by atoms with E-state index in [4.69, 9.17) is 0 Å². The predicted octanol–water partition coefficient (Wildman–Crippen LogP) is 0.604. The number of carbonyl (C=O) groups is 1. The molecule has 1 aromatic rings. The van der Waals surface area contributed by atoms with Crippen LogP contribution in [0, 0.1) is 17.5 Å². The highest BCUT2D eigenvalue weighted by atomic mass is 19.2. The van der Waals surface area contributed by atoms with Gasteiger partial charge in [0.1, 0.15) is 5.82 Å². The van der Waals surface area contributed by atoms with E-state index in [2.05, 4.69) is 16.0 Å². The summed E-state index contributed by atoms with van der Waals surface area (Å²) in [6.07, 6.45) is 0. The molecule has 0 aliphatic carbocycles. The quantitative estimate of drug-likeness (QED) is 0.682. The molecular formula is C11H12F3N3O. The van der Waals surface area contributed by atoms with E-state index in [0.29, 0.717) is 19.2 Å². The molecule has 98 valence electrons. The Kier molecular flexibility index (Phi) is 3.83. The second-order valence-electron chi connectivity index (χ2n) is 3.95. The number of carbonyl (C=O) groups excluding carboxylic acids is 1. The lowest BCUT2D eigenvalue weighted by Crippen LogP contribution is -2.54. The van der Waals surface area contributed by atoms with Gasteiger partial charge < -0.3 is 16.0 Å². The molecule has 1 aliphatic rings. The lowest BCUT2D eigenvalue weighted by Gasteiger charge is -2.23. The Balaban J connectivity index is 2.11. The summed E-state index contributed by atoms with van der Waals surface area (Å²) in [5, 5.41) is 8.04. The zero-order valence-electron chi connectivity index (χ0n) is 9.40. The number of anilines is 1. The monoisotopic (exact) mass is 259 g/mol. The highest BCUT2D eigenvalue weighted by molar-refractivity contribution is 5.95. The summed E-state index contributed by atoms with van der Waals surface area (Å²) in [4.78, 5) is 11.7. The number of hydrogen-bond donors (Lipinski definition) is 3. The van der Waals surface area contributed by atoms with Gasteiger partial charge in [-0.05, 0) is 0 Å². The van der Waals surface area contributed by atoms with Gasteiger partial charge in [0.25, 0.3) is 0 Å². The highest BCUT2D eigenvalue weighted by Crippen LogP contribution is 2.19. The molecule has 0 spiro atoms. The number of nitrogens with one attached hydrogen (secondary N) is 3. The maximum atomic E-state index is 13.3. The lowest BCUT2D eigenvalue weighted by molar-refractivity contribution is -0.118. The fourth-order valence-corrected chi connectivity index (χ4v) is 1.71. The summed E-state index contributed by atoms with van der Waals surface area (Å²) in [6, 6.07) is 0.613. The van der Waals surface area contributed by atoms with Crippen molar-refractivity contribution in [3.05, 3.63) is 29.6 Å². The number of rotatable bonds is 2.